The zero-order valence-electron chi connectivity index (χ0n) is 11.0. The zero-order chi connectivity index (χ0) is 14.1. The average molecular weight is 307 g/mol. The summed E-state index contributed by atoms with van der Waals surface area (Å²) in [7, 11) is 0. The minimum Gasteiger partial charge on any atom is -0.329 e. The van der Waals surface area contributed by atoms with Gasteiger partial charge in [-0.3, -0.25) is 4.90 Å². The van der Waals surface area contributed by atoms with Gasteiger partial charge in [-0.2, -0.15) is 0 Å². The summed E-state index contributed by atoms with van der Waals surface area (Å²) >= 11 is 12.4. The third-order valence-corrected chi connectivity index (χ3v) is 4.43. The average Bonchev–Trinajstić information content (AvgIpc) is 2.87. The van der Waals surface area contributed by atoms with E-state index in [1.54, 1.807) is 6.07 Å². The largest absolute Gasteiger partial charge is 0.329 e. The van der Waals surface area contributed by atoms with Crippen LogP contribution in [0.2, 0.25) is 10.0 Å². The maximum atomic E-state index is 6.32. The fraction of sp³-hybridized carbons (Fsp3) is 0.250. The van der Waals surface area contributed by atoms with Gasteiger partial charge in [0, 0.05) is 35.7 Å². The number of fused-ring (bicyclic) bond motifs is 1. The van der Waals surface area contributed by atoms with Crippen molar-refractivity contribution in [3.63, 3.8) is 0 Å². The van der Waals surface area contributed by atoms with Crippen molar-refractivity contribution in [2.45, 2.75) is 19.1 Å². The van der Waals surface area contributed by atoms with E-state index < -0.39 is 0 Å². The summed E-state index contributed by atoms with van der Waals surface area (Å²) in [6.07, 6.45) is 0. The Balaban J connectivity index is 1.91. The van der Waals surface area contributed by atoms with E-state index in [4.69, 9.17) is 28.9 Å². The zero-order valence-corrected chi connectivity index (χ0v) is 12.5. The summed E-state index contributed by atoms with van der Waals surface area (Å²) in [6.45, 7) is 2.33. The highest BCUT2D eigenvalue weighted by Crippen LogP contribution is 2.34. The molecule has 0 bridgehead atoms. The Morgan fingerprint density at radius 3 is 2.30 bits per heavy atom. The second kappa shape index (κ2) is 5.74. The van der Waals surface area contributed by atoms with Crippen molar-refractivity contribution < 1.29 is 0 Å². The molecule has 2 aromatic rings. The minimum absolute atomic E-state index is 0.0913. The molecule has 104 valence electrons. The highest BCUT2D eigenvalue weighted by molar-refractivity contribution is 6.33. The van der Waals surface area contributed by atoms with Crippen LogP contribution in [0.3, 0.4) is 0 Å². The van der Waals surface area contributed by atoms with Gasteiger partial charge in [0.2, 0.25) is 0 Å². The molecule has 0 aliphatic carbocycles. The van der Waals surface area contributed by atoms with Crippen molar-refractivity contribution in [3.8, 4) is 0 Å². The van der Waals surface area contributed by atoms with Gasteiger partial charge in [-0.25, -0.2) is 0 Å². The molecule has 2 N–H and O–H groups in total. The number of benzene rings is 2. The molecule has 0 spiro atoms. The Morgan fingerprint density at radius 1 is 1.05 bits per heavy atom. The van der Waals surface area contributed by atoms with Crippen molar-refractivity contribution in [2.75, 3.05) is 6.54 Å². The Morgan fingerprint density at radius 2 is 1.70 bits per heavy atom. The summed E-state index contributed by atoms with van der Waals surface area (Å²) in [4.78, 5) is 2.35. The molecule has 0 saturated carbocycles. The molecule has 0 amide bonds. The van der Waals surface area contributed by atoms with Gasteiger partial charge in [0.1, 0.15) is 0 Å². The third-order valence-electron chi connectivity index (χ3n) is 3.85. The molecule has 1 aliphatic heterocycles. The van der Waals surface area contributed by atoms with Gasteiger partial charge < -0.3 is 5.73 Å². The normalized spacial score (nSPS) is 16.1. The van der Waals surface area contributed by atoms with Crippen molar-refractivity contribution >= 4 is 23.2 Å². The van der Waals surface area contributed by atoms with Gasteiger partial charge in [0.15, 0.2) is 0 Å². The predicted octanol–water partition coefficient (Wildman–Crippen LogP) is 4.01. The molecule has 2 nitrogen and oxygen atoms in total. The van der Waals surface area contributed by atoms with Gasteiger partial charge in [-0.05, 0) is 34.9 Å². The number of nitrogens with two attached hydrogens (primary N) is 1. The van der Waals surface area contributed by atoms with E-state index >= 15 is 0 Å². The fourth-order valence-electron chi connectivity index (χ4n) is 2.82. The topological polar surface area (TPSA) is 29.3 Å². The number of hydrogen-bond acceptors (Lipinski definition) is 2. The monoisotopic (exact) mass is 306 g/mol. The van der Waals surface area contributed by atoms with E-state index in [2.05, 4.69) is 29.2 Å². The Hall–Kier alpha value is -1.06. The first-order chi connectivity index (χ1) is 9.69. The Kier molecular flexibility index (Phi) is 3.99. The lowest BCUT2D eigenvalue weighted by Gasteiger charge is -2.27. The quantitative estimate of drug-likeness (QED) is 0.928. The molecule has 4 heteroatoms. The van der Waals surface area contributed by atoms with Crippen LogP contribution in [0.5, 0.6) is 0 Å². The van der Waals surface area contributed by atoms with Crippen LogP contribution in [0.4, 0.5) is 0 Å². The van der Waals surface area contributed by atoms with Crippen LogP contribution in [-0.4, -0.2) is 11.4 Å². The summed E-state index contributed by atoms with van der Waals surface area (Å²) < 4.78 is 0. The van der Waals surface area contributed by atoms with Gasteiger partial charge in [-0.1, -0.05) is 47.5 Å². The van der Waals surface area contributed by atoms with E-state index in [0.717, 1.165) is 23.7 Å². The van der Waals surface area contributed by atoms with E-state index in [0.29, 0.717) is 11.6 Å². The molecule has 0 fully saturated rings. The molecular weight excluding hydrogens is 291 g/mol. The molecule has 2 aromatic carbocycles. The summed E-state index contributed by atoms with van der Waals surface area (Å²) in [5.74, 6) is 0. The molecule has 0 saturated heterocycles. The first-order valence-corrected chi connectivity index (χ1v) is 7.40. The van der Waals surface area contributed by atoms with Gasteiger partial charge in [0.25, 0.3) is 0 Å². The maximum Gasteiger partial charge on any atom is 0.0492 e. The summed E-state index contributed by atoms with van der Waals surface area (Å²) in [5.41, 5.74) is 9.73. The van der Waals surface area contributed by atoms with Crippen LogP contribution in [0.15, 0.2) is 42.5 Å². The van der Waals surface area contributed by atoms with E-state index in [9.17, 15) is 0 Å². The molecule has 3 rings (SSSR count). The lowest BCUT2D eigenvalue weighted by Crippen LogP contribution is -2.29. The molecule has 1 atom stereocenters. The second-order valence-corrected chi connectivity index (χ2v) is 5.93. The van der Waals surface area contributed by atoms with Crippen LogP contribution in [-0.2, 0) is 13.1 Å². The number of halogens is 2. The first kappa shape index (κ1) is 13.9. The molecule has 0 radical (unpaired) electrons. The van der Waals surface area contributed by atoms with Crippen LogP contribution in [0.25, 0.3) is 0 Å². The smallest absolute Gasteiger partial charge is 0.0492 e. The van der Waals surface area contributed by atoms with E-state index in [-0.39, 0.29) is 6.04 Å². The highest BCUT2D eigenvalue weighted by atomic mass is 35.5. The number of nitrogens with zero attached hydrogens (tertiary/aromatic N) is 1. The lowest BCUT2D eigenvalue weighted by atomic mass is 10.1. The summed E-state index contributed by atoms with van der Waals surface area (Å²) in [6, 6.07) is 14.1. The standard InChI is InChI=1S/C16H16Cl2N2/c17-13-5-6-15(18)14(7-13)16(8-19)20-9-11-3-1-2-4-12(11)10-20/h1-7,16H,8-10,19H2. The minimum atomic E-state index is 0.0913. The van der Waals surface area contributed by atoms with Gasteiger partial charge in [-0.15, -0.1) is 0 Å². The van der Waals surface area contributed by atoms with Gasteiger partial charge in [0.05, 0.1) is 0 Å². The molecule has 20 heavy (non-hydrogen) atoms. The Bertz CT molecular complexity index is 603. The van der Waals surface area contributed by atoms with Crippen LogP contribution in [0.1, 0.15) is 22.7 Å². The highest BCUT2D eigenvalue weighted by Gasteiger charge is 2.27. The molecule has 1 aliphatic rings. The Labute approximate surface area is 129 Å². The van der Waals surface area contributed by atoms with Crippen molar-refractivity contribution in [1.82, 2.24) is 4.90 Å². The molecule has 1 heterocycles. The van der Waals surface area contributed by atoms with Crippen LogP contribution in [0, 0.1) is 0 Å². The molecular formula is C16H16Cl2N2. The lowest BCUT2D eigenvalue weighted by molar-refractivity contribution is 0.205. The third kappa shape index (κ3) is 2.57. The van der Waals surface area contributed by atoms with Crippen molar-refractivity contribution in [1.29, 1.82) is 0 Å². The van der Waals surface area contributed by atoms with Crippen LogP contribution < -0.4 is 5.73 Å². The SMILES string of the molecule is NCC(c1cc(Cl)ccc1Cl)N1Cc2ccccc2C1. The first-order valence-electron chi connectivity index (χ1n) is 6.65. The molecule has 1 unspecified atom stereocenters. The van der Waals surface area contributed by atoms with Crippen molar-refractivity contribution in [3.05, 3.63) is 69.2 Å². The number of hydrogen-bond donors (Lipinski definition) is 1. The second-order valence-electron chi connectivity index (χ2n) is 5.09. The van der Waals surface area contributed by atoms with E-state index in [1.807, 2.05) is 12.1 Å². The summed E-state index contributed by atoms with van der Waals surface area (Å²) in [5, 5.41) is 1.42. The maximum absolute atomic E-state index is 6.32. The van der Waals surface area contributed by atoms with Crippen molar-refractivity contribution in [2.24, 2.45) is 5.73 Å². The van der Waals surface area contributed by atoms with Gasteiger partial charge >= 0.3 is 0 Å². The van der Waals surface area contributed by atoms with Crippen LogP contribution >= 0.6 is 23.2 Å². The van der Waals surface area contributed by atoms with E-state index in [1.165, 1.54) is 11.1 Å². The number of rotatable bonds is 3. The predicted molar refractivity (Wildman–Crippen MR) is 83.9 cm³/mol. The molecule has 0 aromatic heterocycles. The fourth-order valence-corrected chi connectivity index (χ4v) is 3.25.